The summed E-state index contributed by atoms with van der Waals surface area (Å²) in [5.74, 6) is 0.0912. The van der Waals surface area contributed by atoms with Gasteiger partial charge in [0.25, 0.3) is 0 Å². The molecule has 4 heteroatoms. The lowest BCUT2D eigenvalue weighted by Crippen LogP contribution is -2.38. The van der Waals surface area contributed by atoms with E-state index in [9.17, 15) is 4.79 Å². The Balaban J connectivity index is 1.70. The second-order valence-corrected chi connectivity index (χ2v) is 6.22. The molecule has 0 bridgehead atoms. The van der Waals surface area contributed by atoms with Gasteiger partial charge in [-0.15, -0.1) is 11.3 Å². The van der Waals surface area contributed by atoms with Crippen LogP contribution < -0.4 is 10.6 Å². The van der Waals surface area contributed by atoms with Crippen LogP contribution in [0, 0.1) is 0 Å². The maximum atomic E-state index is 11.6. The Morgan fingerprint density at radius 1 is 1.50 bits per heavy atom. The molecule has 1 aromatic rings. The summed E-state index contributed by atoms with van der Waals surface area (Å²) < 4.78 is 0. The van der Waals surface area contributed by atoms with Gasteiger partial charge in [0.1, 0.15) is 0 Å². The number of amides is 1. The van der Waals surface area contributed by atoms with Crippen molar-refractivity contribution in [3.05, 3.63) is 21.4 Å². The van der Waals surface area contributed by atoms with Crippen LogP contribution >= 0.6 is 11.3 Å². The molecule has 0 radical (unpaired) electrons. The van der Waals surface area contributed by atoms with Crippen molar-refractivity contribution < 1.29 is 4.79 Å². The van der Waals surface area contributed by atoms with Crippen molar-refractivity contribution in [2.24, 2.45) is 0 Å². The number of carbonyl (C=O) groups excluding carboxylic acids is 1. The highest BCUT2D eigenvalue weighted by Crippen LogP contribution is 2.30. The summed E-state index contributed by atoms with van der Waals surface area (Å²) in [5.41, 5.74) is 1.53. The van der Waals surface area contributed by atoms with E-state index in [1.807, 2.05) is 18.3 Å². The number of hydrogen-bond donors (Lipinski definition) is 2. The van der Waals surface area contributed by atoms with Crippen LogP contribution in [0.1, 0.15) is 42.0 Å². The van der Waals surface area contributed by atoms with E-state index in [0.29, 0.717) is 6.54 Å². The van der Waals surface area contributed by atoms with Crippen molar-refractivity contribution in [1.82, 2.24) is 10.6 Å². The average Bonchev–Trinajstić information content (AvgIpc) is 2.89. The molecule has 0 aliphatic heterocycles. The minimum Gasteiger partial charge on any atom is -0.353 e. The van der Waals surface area contributed by atoms with Crippen LogP contribution in [0.2, 0.25) is 0 Å². The molecule has 1 aromatic heterocycles. The quantitative estimate of drug-likeness (QED) is 0.829. The Bertz CT molecular complexity index is 392. The molecule has 1 aliphatic rings. The number of nitrogens with one attached hydrogen (secondary N) is 2. The standard InChI is InChI=1S/C14H22N2OS/c1-3-10(2)16-14(17)9-15-8-12-7-11-5-4-6-13(11)18-12/h7,10,15H,3-6,8-9H2,1-2H3,(H,16,17). The van der Waals surface area contributed by atoms with Crippen molar-refractivity contribution in [2.75, 3.05) is 6.54 Å². The molecule has 2 N–H and O–H groups in total. The van der Waals surface area contributed by atoms with Gasteiger partial charge in [-0.05, 0) is 44.2 Å². The molecule has 0 fully saturated rings. The molecule has 1 heterocycles. The van der Waals surface area contributed by atoms with Crippen LogP contribution in [0.3, 0.4) is 0 Å². The summed E-state index contributed by atoms with van der Waals surface area (Å²) in [6, 6.07) is 2.57. The Morgan fingerprint density at radius 2 is 2.33 bits per heavy atom. The third-order valence-corrected chi connectivity index (χ3v) is 4.64. The fourth-order valence-electron chi connectivity index (χ4n) is 2.20. The normalized spacial score (nSPS) is 15.4. The maximum absolute atomic E-state index is 11.6. The number of thiophene rings is 1. The van der Waals surface area contributed by atoms with Gasteiger partial charge in [-0.3, -0.25) is 4.79 Å². The Kier molecular flexibility index (Phi) is 4.78. The summed E-state index contributed by atoms with van der Waals surface area (Å²) in [6.07, 6.45) is 4.77. The number of hydrogen-bond acceptors (Lipinski definition) is 3. The Morgan fingerprint density at radius 3 is 3.06 bits per heavy atom. The van der Waals surface area contributed by atoms with E-state index in [2.05, 4.69) is 23.6 Å². The van der Waals surface area contributed by atoms with Crippen LogP contribution in [0.5, 0.6) is 0 Å². The third kappa shape index (κ3) is 3.56. The van der Waals surface area contributed by atoms with Crippen molar-refractivity contribution in [1.29, 1.82) is 0 Å². The molecule has 100 valence electrons. The fourth-order valence-corrected chi connectivity index (χ4v) is 3.44. The molecule has 0 spiro atoms. The first-order valence-corrected chi connectivity index (χ1v) is 7.61. The zero-order valence-corrected chi connectivity index (χ0v) is 12.0. The maximum Gasteiger partial charge on any atom is 0.234 e. The fraction of sp³-hybridized carbons (Fsp3) is 0.643. The van der Waals surface area contributed by atoms with Crippen LogP contribution in [-0.2, 0) is 24.2 Å². The van der Waals surface area contributed by atoms with E-state index in [0.717, 1.165) is 13.0 Å². The number of aryl methyl sites for hydroxylation is 2. The molecule has 1 amide bonds. The van der Waals surface area contributed by atoms with Gasteiger partial charge in [-0.25, -0.2) is 0 Å². The van der Waals surface area contributed by atoms with Gasteiger partial charge < -0.3 is 10.6 Å². The van der Waals surface area contributed by atoms with Gasteiger partial charge in [0.05, 0.1) is 6.54 Å². The Hall–Kier alpha value is -0.870. The van der Waals surface area contributed by atoms with Crippen LogP contribution in [-0.4, -0.2) is 18.5 Å². The van der Waals surface area contributed by atoms with Crippen molar-refractivity contribution in [3.63, 3.8) is 0 Å². The SMILES string of the molecule is CCC(C)NC(=O)CNCc1cc2c(s1)CCC2. The summed E-state index contributed by atoms with van der Waals surface area (Å²) in [6.45, 7) is 5.33. The molecule has 0 saturated heterocycles. The van der Waals surface area contributed by atoms with Crippen LogP contribution in [0.15, 0.2) is 6.07 Å². The average molecular weight is 266 g/mol. The molecule has 1 aliphatic carbocycles. The summed E-state index contributed by atoms with van der Waals surface area (Å²) in [5, 5.41) is 6.17. The molecule has 3 nitrogen and oxygen atoms in total. The van der Waals surface area contributed by atoms with Crippen LogP contribution in [0.25, 0.3) is 0 Å². The summed E-state index contributed by atoms with van der Waals surface area (Å²) >= 11 is 1.90. The smallest absolute Gasteiger partial charge is 0.234 e. The van der Waals surface area contributed by atoms with Gasteiger partial charge in [0.2, 0.25) is 5.91 Å². The zero-order chi connectivity index (χ0) is 13.0. The van der Waals surface area contributed by atoms with E-state index < -0.39 is 0 Å². The lowest BCUT2D eigenvalue weighted by atomic mass is 10.2. The van der Waals surface area contributed by atoms with Crippen molar-refractivity contribution in [3.8, 4) is 0 Å². The van der Waals surface area contributed by atoms with Crippen LogP contribution in [0.4, 0.5) is 0 Å². The molecule has 2 rings (SSSR count). The largest absolute Gasteiger partial charge is 0.353 e. The highest BCUT2D eigenvalue weighted by molar-refractivity contribution is 7.12. The lowest BCUT2D eigenvalue weighted by molar-refractivity contribution is -0.120. The highest BCUT2D eigenvalue weighted by atomic mass is 32.1. The predicted molar refractivity (Wildman–Crippen MR) is 75.9 cm³/mol. The third-order valence-electron chi connectivity index (χ3n) is 3.40. The second kappa shape index (κ2) is 6.34. The monoisotopic (exact) mass is 266 g/mol. The Labute approximate surface area is 113 Å². The topological polar surface area (TPSA) is 41.1 Å². The van der Waals surface area contributed by atoms with E-state index in [1.54, 1.807) is 4.88 Å². The minimum absolute atomic E-state index is 0.0912. The van der Waals surface area contributed by atoms with Gasteiger partial charge in [0.15, 0.2) is 0 Å². The first kappa shape index (κ1) is 13.6. The molecule has 0 aromatic carbocycles. The molecule has 1 unspecified atom stereocenters. The highest BCUT2D eigenvalue weighted by Gasteiger charge is 2.14. The number of carbonyl (C=O) groups is 1. The summed E-state index contributed by atoms with van der Waals surface area (Å²) in [7, 11) is 0. The van der Waals surface area contributed by atoms with Gasteiger partial charge >= 0.3 is 0 Å². The molecule has 18 heavy (non-hydrogen) atoms. The minimum atomic E-state index is 0.0912. The predicted octanol–water partition coefficient (Wildman–Crippen LogP) is 2.24. The summed E-state index contributed by atoms with van der Waals surface area (Å²) in [4.78, 5) is 14.5. The van der Waals surface area contributed by atoms with E-state index in [4.69, 9.17) is 0 Å². The second-order valence-electron chi connectivity index (χ2n) is 5.00. The zero-order valence-electron chi connectivity index (χ0n) is 11.2. The molecule has 0 saturated carbocycles. The number of fused-ring (bicyclic) bond motifs is 1. The molecular weight excluding hydrogens is 244 g/mol. The van der Waals surface area contributed by atoms with E-state index in [1.165, 1.54) is 29.7 Å². The van der Waals surface area contributed by atoms with Gasteiger partial charge in [0, 0.05) is 22.3 Å². The van der Waals surface area contributed by atoms with Crippen molar-refractivity contribution >= 4 is 17.2 Å². The van der Waals surface area contributed by atoms with Crippen molar-refractivity contribution in [2.45, 2.75) is 52.1 Å². The molecular formula is C14H22N2OS. The molecule has 1 atom stereocenters. The van der Waals surface area contributed by atoms with Gasteiger partial charge in [-0.1, -0.05) is 6.92 Å². The lowest BCUT2D eigenvalue weighted by Gasteiger charge is -2.11. The first-order valence-electron chi connectivity index (χ1n) is 6.79. The van der Waals surface area contributed by atoms with E-state index in [-0.39, 0.29) is 11.9 Å². The van der Waals surface area contributed by atoms with E-state index >= 15 is 0 Å². The van der Waals surface area contributed by atoms with Gasteiger partial charge in [-0.2, -0.15) is 0 Å². The number of rotatable bonds is 6. The first-order chi connectivity index (χ1) is 8.69.